The molecule has 1 aromatic heterocycles. The molecule has 3 atom stereocenters. The van der Waals surface area contributed by atoms with Crippen LogP contribution >= 0.6 is 0 Å². The summed E-state index contributed by atoms with van der Waals surface area (Å²) in [5, 5.41) is 26.5. The van der Waals surface area contributed by atoms with Crippen LogP contribution in [0.1, 0.15) is 36.2 Å². The van der Waals surface area contributed by atoms with Gasteiger partial charge < -0.3 is 15.5 Å². The first-order valence-corrected chi connectivity index (χ1v) is 7.25. The Hall–Kier alpha value is -1.66. The maximum Gasteiger partial charge on any atom is 0.244 e. The number of aliphatic hydroxyl groups excluding tert-OH is 2. The Kier molecular flexibility index (Phi) is 4.80. The molecule has 1 saturated carbocycles. The van der Waals surface area contributed by atoms with Crippen molar-refractivity contribution in [2.75, 3.05) is 0 Å². The molecule has 1 aliphatic rings. The van der Waals surface area contributed by atoms with Gasteiger partial charge in [0.25, 0.3) is 0 Å². The van der Waals surface area contributed by atoms with Crippen molar-refractivity contribution in [3.8, 4) is 0 Å². The number of carbonyl (C=O) groups excluding carboxylic acids is 1. The minimum Gasteiger partial charge on any atom is -0.390 e. The summed E-state index contributed by atoms with van der Waals surface area (Å²) in [6, 6.07) is -0.387. The Morgan fingerprint density at radius 2 is 2.10 bits per heavy atom. The van der Waals surface area contributed by atoms with Gasteiger partial charge in [0.05, 0.1) is 23.9 Å². The number of nitrogens with zero attached hydrogens (tertiary/aromatic N) is 2. The minimum absolute atomic E-state index is 0.268. The smallest absolute Gasteiger partial charge is 0.244 e. The van der Waals surface area contributed by atoms with Crippen LogP contribution < -0.4 is 5.32 Å². The van der Waals surface area contributed by atoms with Crippen molar-refractivity contribution < 1.29 is 15.0 Å². The Bertz CT molecular complexity index is 551. The van der Waals surface area contributed by atoms with E-state index in [0.717, 1.165) is 23.4 Å². The molecule has 6 heteroatoms. The highest BCUT2D eigenvalue weighted by Crippen LogP contribution is 2.19. The van der Waals surface area contributed by atoms with E-state index in [1.807, 2.05) is 20.9 Å². The van der Waals surface area contributed by atoms with Crippen molar-refractivity contribution in [2.24, 2.45) is 7.05 Å². The van der Waals surface area contributed by atoms with Gasteiger partial charge in [0.15, 0.2) is 0 Å². The fourth-order valence-corrected chi connectivity index (χ4v) is 2.74. The molecule has 0 bridgehead atoms. The summed E-state index contributed by atoms with van der Waals surface area (Å²) in [5.74, 6) is -0.268. The monoisotopic (exact) mass is 293 g/mol. The highest BCUT2D eigenvalue weighted by Gasteiger charge is 2.30. The molecule has 1 amide bonds. The molecule has 0 aromatic carbocycles. The van der Waals surface area contributed by atoms with E-state index in [1.54, 1.807) is 10.8 Å². The maximum atomic E-state index is 11.9. The van der Waals surface area contributed by atoms with Crippen LogP contribution in [-0.2, 0) is 11.8 Å². The molecule has 1 heterocycles. The zero-order chi connectivity index (χ0) is 15.6. The molecule has 0 aliphatic heterocycles. The molecule has 6 nitrogen and oxygen atoms in total. The molecule has 1 aromatic rings. The average molecular weight is 293 g/mol. The van der Waals surface area contributed by atoms with Gasteiger partial charge in [-0.15, -0.1) is 0 Å². The molecule has 0 saturated heterocycles. The Morgan fingerprint density at radius 1 is 1.38 bits per heavy atom. The molecule has 0 spiro atoms. The van der Waals surface area contributed by atoms with Crippen LogP contribution in [-0.4, -0.2) is 44.2 Å². The van der Waals surface area contributed by atoms with E-state index in [-0.39, 0.29) is 11.9 Å². The quantitative estimate of drug-likeness (QED) is 0.706. The summed E-state index contributed by atoms with van der Waals surface area (Å²) >= 11 is 0. The van der Waals surface area contributed by atoms with Gasteiger partial charge in [0.1, 0.15) is 0 Å². The highest BCUT2D eigenvalue weighted by atomic mass is 16.3. The van der Waals surface area contributed by atoms with Crippen LogP contribution in [0.4, 0.5) is 0 Å². The topological polar surface area (TPSA) is 87.4 Å². The summed E-state index contributed by atoms with van der Waals surface area (Å²) in [5.41, 5.74) is 2.79. The van der Waals surface area contributed by atoms with Crippen LogP contribution in [0, 0.1) is 13.8 Å². The van der Waals surface area contributed by atoms with Crippen molar-refractivity contribution in [1.82, 2.24) is 15.1 Å². The molecular weight excluding hydrogens is 270 g/mol. The van der Waals surface area contributed by atoms with Gasteiger partial charge in [-0.05, 0) is 39.2 Å². The second-order valence-electron chi connectivity index (χ2n) is 5.65. The summed E-state index contributed by atoms with van der Waals surface area (Å²) in [4.78, 5) is 11.9. The average Bonchev–Trinajstić information content (AvgIpc) is 2.67. The van der Waals surface area contributed by atoms with Crippen LogP contribution in [0.3, 0.4) is 0 Å². The standard InChI is InChI=1S/C15H23N3O3/c1-9-11(10(2)18(3)17-9)7-8-14(20)16-12-5-4-6-13(19)15(12)21/h7-8,12-13,15,19,21H,4-6H2,1-3H3,(H,16,20)/b8-7+/t12-,13-,15-/m1/s1. The lowest BCUT2D eigenvalue weighted by atomic mass is 9.90. The van der Waals surface area contributed by atoms with Gasteiger partial charge >= 0.3 is 0 Å². The molecule has 2 rings (SSSR count). The van der Waals surface area contributed by atoms with Crippen molar-refractivity contribution in [3.63, 3.8) is 0 Å². The summed E-state index contributed by atoms with van der Waals surface area (Å²) in [7, 11) is 1.86. The lowest BCUT2D eigenvalue weighted by Gasteiger charge is -2.31. The van der Waals surface area contributed by atoms with E-state index in [4.69, 9.17) is 0 Å². The second kappa shape index (κ2) is 6.41. The van der Waals surface area contributed by atoms with E-state index < -0.39 is 12.2 Å². The van der Waals surface area contributed by atoms with Gasteiger partial charge in [0, 0.05) is 24.4 Å². The van der Waals surface area contributed by atoms with Gasteiger partial charge in [-0.1, -0.05) is 0 Å². The number of hydrogen-bond acceptors (Lipinski definition) is 4. The first-order chi connectivity index (χ1) is 9.90. The number of aromatic nitrogens is 2. The van der Waals surface area contributed by atoms with Crippen molar-refractivity contribution in [3.05, 3.63) is 23.0 Å². The van der Waals surface area contributed by atoms with E-state index in [2.05, 4.69) is 10.4 Å². The first kappa shape index (κ1) is 15.7. The predicted octanol–water partition coefficient (Wildman–Crippen LogP) is 0.441. The number of aliphatic hydroxyl groups is 2. The summed E-state index contributed by atoms with van der Waals surface area (Å²) in [6.45, 7) is 3.84. The third-order valence-corrected chi connectivity index (χ3v) is 4.12. The van der Waals surface area contributed by atoms with Crippen LogP contribution in [0.25, 0.3) is 6.08 Å². The molecule has 3 N–H and O–H groups in total. The Morgan fingerprint density at radius 3 is 2.71 bits per heavy atom. The van der Waals surface area contributed by atoms with Crippen LogP contribution in [0.15, 0.2) is 6.08 Å². The highest BCUT2D eigenvalue weighted by molar-refractivity contribution is 5.92. The van der Waals surface area contributed by atoms with Gasteiger partial charge in [-0.3, -0.25) is 9.48 Å². The Labute approximate surface area is 124 Å². The fourth-order valence-electron chi connectivity index (χ4n) is 2.74. The largest absolute Gasteiger partial charge is 0.390 e. The molecule has 116 valence electrons. The molecule has 1 fully saturated rings. The van der Waals surface area contributed by atoms with Crippen LogP contribution in [0.2, 0.25) is 0 Å². The number of rotatable bonds is 3. The van der Waals surface area contributed by atoms with Crippen molar-refractivity contribution >= 4 is 12.0 Å². The zero-order valence-corrected chi connectivity index (χ0v) is 12.7. The summed E-state index contributed by atoms with van der Waals surface area (Å²) < 4.78 is 1.77. The molecular formula is C15H23N3O3. The zero-order valence-electron chi connectivity index (χ0n) is 12.7. The van der Waals surface area contributed by atoms with Crippen molar-refractivity contribution in [1.29, 1.82) is 0 Å². The lowest BCUT2D eigenvalue weighted by molar-refractivity contribution is -0.119. The number of amides is 1. The first-order valence-electron chi connectivity index (χ1n) is 7.25. The van der Waals surface area contributed by atoms with E-state index in [0.29, 0.717) is 12.8 Å². The van der Waals surface area contributed by atoms with Gasteiger partial charge in [0.2, 0.25) is 5.91 Å². The van der Waals surface area contributed by atoms with Gasteiger partial charge in [-0.25, -0.2) is 0 Å². The number of aryl methyl sites for hydroxylation is 2. The molecule has 1 aliphatic carbocycles. The normalized spacial score (nSPS) is 26.2. The lowest BCUT2D eigenvalue weighted by Crippen LogP contribution is -2.50. The van der Waals surface area contributed by atoms with Gasteiger partial charge in [-0.2, -0.15) is 5.10 Å². The van der Waals surface area contributed by atoms with E-state index in [1.165, 1.54) is 6.08 Å². The third-order valence-electron chi connectivity index (χ3n) is 4.12. The predicted molar refractivity (Wildman–Crippen MR) is 79.5 cm³/mol. The molecule has 0 unspecified atom stereocenters. The third kappa shape index (κ3) is 3.51. The molecule has 0 radical (unpaired) electrons. The van der Waals surface area contributed by atoms with E-state index in [9.17, 15) is 15.0 Å². The summed E-state index contributed by atoms with van der Waals surface area (Å²) in [6.07, 6.45) is 3.60. The minimum atomic E-state index is -0.891. The Balaban J connectivity index is 1.99. The van der Waals surface area contributed by atoms with Crippen LogP contribution in [0.5, 0.6) is 0 Å². The van der Waals surface area contributed by atoms with E-state index >= 15 is 0 Å². The SMILES string of the molecule is Cc1nn(C)c(C)c1/C=C/C(=O)N[C@@H]1CCC[C@@H](O)[C@@H]1O. The fraction of sp³-hybridized carbons (Fsp3) is 0.600. The van der Waals surface area contributed by atoms with Crippen molar-refractivity contribution in [2.45, 2.75) is 51.4 Å². The second-order valence-corrected chi connectivity index (χ2v) is 5.65. The maximum absolute atomic E-state index is 11.9. The number of nitrogens with one attached hydrogen (secondary N) is 1. The number of hydrogen-bond donors (Lipinski definition) is 3. The number of carbonyl (C=O) groups is 1. The molecule has 21 heavy (non-hydrogen) atoms.